The van der Waals surface area contributed by atoms with Gasteiger partial charge in [0, 0.05) is 26.2 Å². The van der Waals surface area contributed by atoms with E-state index in [2.05, 4.69) is 10.00 Å². The highest BCUT2D eigenvalue weighted by atomic mass is 16.2. The summed E-state index contributed by atoms with van der Waals surface area (Å²) in [6, 6.07) is 0.525. The Hall–Kier alpha value is -1.56. The zero-order chi connectivity index (χ0) is 15.0. The molecule has 0 aliphatic carbocycles. The van der Waals surface area contributed by atoms with Gasteiger partial charge in [-0.05, 0) is 38.8 Å². The lowest BCUT2D eigenvalue weighted by Crippen LogP contribution is -2.37. The molecule has 3 rings (SSSR count). The summed E-state index contributed by atoms with van der Waals surface area (Å²) in [6.45, 7) is 6.02. The van der Waals surface area contributed by atoms with Crippen LogP contribution in [0.2, 0.25) is 0 Å². The summed E-state index contributed by atoms with van der Waals surface area (Å²) in [6.07, 6.45) is 4.41. The quantitative estimate of drug-likeness (QED) is 0.897. The van der Waals surface area contributed by atoms with Crippen LogP contribution in [0.25, 0.3) is 0 Å². The molecule has 6 nitrogen and oxygen atoms in total. The molecular formula is C15H25N5O. The number of aromatic nitrogens is 2. The molecule has 1 unspecified atom stereocenters. The predicted octanol–water partition coefficient (Wildman–Crippen LogP) is 0.875. The molecule has 0 saturated carbocycles. The van der Waals surface area contributed by atoms with Gasteiger partial charge in [-0.3, -0.25) is 14.4 Å². The Morgan fingerprint density at radius 2 is 2.05 bits per heavy atom. The van der Waals surface area contributed by atoms with Crippen LogP contribution in [0, 0.1) is 0 Å². The van der Waals surface area contributed by atoms with Gasteiger partial charge in [0.05, 0.1) is 11.4 Å². The number of nitrogens with two attached hydrogens (primary N) is 1. The van der Waals surface area contributed by atoms with Crippen molar-refractivity contribution in [2.45, 2.75) is 38.6 Å². The molecule has 2 aliphatic rings. The zero-order valence-electron chi connectivity index (χ0n) is 13.0. The van der Waals surface area contributed by atoms with Gasteiger partial charge in [-0.15, -0.1) is 0 Å². The van der Waals surface area contributed by atoms with Gasteiger partial charge < -0.3 is 10.6 Å². The molecule has 2 aliphatic heterocycles. The number of carbonyl (C=O) groups excluding carboxylic acids is 1. The Labute approximate surface area is 125 Å². The summed E-state index contributed by atoms with van der Waals surface area (Å²) >= 11 is 0. The number of anilines is 1. The van der Waals surface area contributed by atoms with Crippen LogP contribution in [0.5, 0.6) is 0 Å². The van der Waals surface area contributed by atoms with Gasteiger partial charge in [0.25, 0.3) is 5.91 Å². The Morgan fingerprint density at radius 1 is 1.33 bits per heavy atom. The van der Waals surface area contributed by atoms with Crippen LogP contribution in [-0.2, 0) is 13.5 Å². The first-order valence-electron chi connectivity index (χ1n) is 7.96. The number of amides is 1. The lowest BCUT2D eigenvalue weighted by Gasteiger charge is -2.23. The average molecular weight is 291 g/mol. The van der Waals surface area contributed by atoms with Gasteiger partial charge in [-0.2, -0.15) is 5.10 Å². The highest BCUT2D eigenvalue weighted by Gasteiger charge is 2.34. The van der Waals surface area contributed by atoms with Crippen molar-refractivity contribution in [2.75, 3.05) is 31.9 Å². The van der Waals surface area contributed by atoms with Gasteiger partial charge in [0.2, 0.25) is 0 Å². The van der Waals surface area contributed by atoms with Gasteiger partial charge in [-0.1, -0.05) is 6.92 Å². The van der Waals surface area contributed by atoms with Gasteiger partial charge in [0.1, 0.15) is 5.69 Å². The molecular weight excluding hydrogens is 266 g/mol. The van der Waals surface area contributed by atoms with Crippen LogP contribution in [-0.4, -0.2) is 57.7 Å². The summed E-state index contributed by atoms with van der Waals surface area (Å²) in [5, 5.41) is 4.35. The van der Waals surface area contributed by atoms with E-state index in [1.165, 1.54) is 25.9 Å². The van der Waals surface area contributed by atoms with Crippen molar-refractivity contribution >= 4 is 11.6 Å². The van der Waals surface area contributed by atoms with Gasteiger partial charge >= 0.3 is 0 Å². The number of hydrogen-bond acceptors (Lipinski definition) is 4. The molecule has 1 aromatic rings. The van der Waals surface area contributed by atoms with E-state index >= 15 is 0 Å². The van der Waals surface area contributed by atoms with E-state index in [0.717, 1.165) is 31.6 Å². The Bertz CT molecular complexity index is 532. The smallest absolute Gasteiger partial charge is 0.274 e. The minimum Gasteiger partial charge on any atom is -0.395 e. The monoisotopic (exact) mass is 291 g/mol. The predicted molar refractivity (Wildman–Crippen MR) is 82.1 cm³/mol. The fourth-order valence-corrected chi connectivity index (χ4v) is 3.59. The van der Waals surface area contributed by atoms with Crippen molar-refractivity contribution in [3.05, 3.63) is 11.4 Å². The fourth-order valence-electron chi connectivity index (χ4n) is 3.59. The van der Waals surface area contributed by atoms with Crippen molar-refractivity contribution in [3.63, 3.8) is 0 Å². The van der Waals surface area contributed by atoms with Crippen LogP contribution in [0.3, 0.4) is 0 Å². The summed E-state index contributed by atoms with van der Waals surface area (Å²) in [5.41, 5.74) is 8.02. The Balaban J connectivity index is 1.73. The molecule has 0 bridgehead atoms. The van der Waals surface area contributed by atoms with E-state index in [9.17, 15) is 4.79 Å². The molecule has 2 N–H and O–H groups in total. The molecule has 1 atom stereocenters. The van der Waals surface area contributed by atoms with E-state index in [1.54, 1.807) is 11.7 Å². The number of hydrogen-bond donors (Lipinski definition) is 1. The molecule has 1 amide bonds. The first-order valence-corrected chi connectivity index (χ1v) is 7.96. The molecule has 2 saturated heterocycles. The summed E-state index contributed by atoms with van der Waals surface area (Å²) in [5.74, 6) is 0.0314. The molecule has 0 spiro atoms. The highest BCUT2D eigenvalue weighted by Crippen LogP contribution is 2.24. The third-order valence-corrected chi connectivity index (χ3v) is 4.81. The average Bonchev–Trinajstić information content (AvgIpc) is 3.17. The minimum absolute atomic E-state index is 0.0314. The third kappa shape index (κ3) is 2.52. The maximum absolute atomic E-state index is 12.7. The number of likely N-dealkylation sites (tertiary alicyclic amines) is 2. The third-order valence-electron chi connectivity index (χ3n) is 4.81. The van der Waals surface area contributed by atoms with E-state index < -0.39 is 0 Å². The second-order valence-electron chi connectivity index (χ2n) is 6.12. The number of rotatable bonds is 3. The Morgan fingerprint density at radius 3 is 2.67 bits per heavy atom. The lowest BCUT2D eigenvalue weighted by molar-refractivity contribution is 0.0770. The van der Waals surface area contributed by atoms with Crippen LogP contribution in [0.1, 0.15) is 42.4 Å². The van der Waals surface area contributed by atoms with Crippen molar-refractivity contribution in [2.24, 2.45) is 7.05 Å². The first kappa shape index (κ1) is 14.4. The second kappa shape index (κ2) is 5.67. The van der Waals surface area contributed by atoms with Crippen LogP contribution >= 0.6 is 0 Å². The molecule has 1 aromatic heterocycles. The first-order chi connectivity index (χ1) is 10.1. The number of aryl methyl sites for hydroxylation is 2. The van der Waals surface area contributed by atoms with E-state index in [4.69, 9.17) is 5.73 Å². The minimum atomic E-state index is 0.0314. The maximum atomic E-state index is 12.7. The highest BCUT2D eigenvalue weighted by molar-refractivity contribution is 5.98. The lowest BCUT2D eigenvalue weighted by atomic mass is 10.2. The number of carbonyl (C=O) groups is 1. The zero-order valence-corrected chi connectivity index (χ0v) is 13.0. The molecule has 6 heteroatoms. The van der Waals surface area contributed by atoms with E-state index in [-0.39, 0.29) is 5.91 Å². The van der Waals surface area contributed by atoms with Gasteiger partial charge in [0.15, 0.2) is 0 Å². The molecule has 3 heterocycles. The van der Waals surface area contributed by atoms with Crippen molar-refractivity contribution in [1.82, 2.24) is 19.6 Å². The fraction of sp³-hybridized carbons (Fsp3) is 0.733. The topological polar surface area (TPSA) is 67.4 Å². The summed E-state index contributed by atoms with van der Waals surface area (Å²) < 4.78 is 1.64. The normalized spacial score (nSPS) is 23.1. The summed E-state index contributed by atoms with van der Waals surface area (Å²) in [7, 11) is 1.80. The standard InChI is InChI=1S/C15H25N5O/c1-3-12-13(16)14(18(2)17-12)15(21)20-9-6-11(10-20)19-7-4-5-8-19/h11H,3-10,16H2,1-2H3. The SMILES string of the molecule is CCc1nn(C)c(C(=O)N2CCC(N3CCCC3)C2)c1N. The molecule has 0 aromatic carbocycles. The van der Waals surface area contributed by atoms with Crippen LogP contribution < -0.4 is 5.73 Å². The largest absolute Gasteiger partial charge is 0.395 e. The van der Waals surface area contributed by atoms with E-state index in [1.807, 2.05) is 11.8 Å². The molecule has 2 fully saturated rings. The van der Waals surface area contributed by atoms with Gasteiger partial charge in [-0.25, -0.2) is 0 Å². The molecule has 21 heavy (non-hydrogen) atoms. The van der Waals surface area contributed by atoms with Crippen molar-refractivity contribution < 1.29 is 4.79 Å². The Kier molecular flexibility index (Phi) is 3.89. The summed E-state index contributed by atoms with van der Waals surface area (Å²) in [4.78, 5) is 17.2. The van der Waals surface area contributed by atoms with Crippen molar-refractivity contribution in [1.29, 1.82) is 0 Å². The maximum Gasteiger partial charge on any atom is 0.274 e. The molecule has 116 valence electrons. The molecule has 0 radical (unpaired) electrons. The van der Waals surface area contributed by atoms with Crippen LogP contribution in [0.15, 0.2) is 0 Å². The number of nitrogen functional groups attached to an aromatic ring is 1. The van der Waals surface area contributed by atoms with Crippen molar-refractivity contribution in [3.8, 4) is 0 Å². The second-order valence-corrected chi connectivity index (χ2v) is 6.12. The number of nitrogens with zero attached hydrogens (tertiary/aromatic N) is 4. The van der Waals surface area contributed by atoms with Crippen LogP contribution in [0.4, 0.5) is 5.69 Å². The van der Waals surface area contributed by atoms with E-state index in [0.29, 0.717) is 17.4 Å².